The number of nitro benzene ring substituents is 1. The standard InChI is InChI=1S/C19H12Cl2N2O4/c20-12-5-8-14(9-6-12)27-18-10-7-13(21)11-16(18)22-19(24)15-3-1-2-4-17(15)23(25)26/h1-11H,(H,22,24). The zero-order valence-corrected chi connectivity index (χ0v) is 15.2. The lowest BCUT2D eigenvalue weighted by atomic mass is 10.1. The number of halogens is 2. The Morgan fingerprint density at radius 2 is 1.63 bits per heavy atom. The molecular weight excluding hydrogens is 391 g/mol. The van der Waals surface area contributed by atoms with Crippen molar-refractivity contribution >= 4 is 40.5 Å². The van der Waals surface area contributed by atoms with E-state index in [2.05, 4.69) is 5.32 Å². The number of amides is 1. The lowest BCUT2D eigenvalue weighted by Crippen LogP contribution is -2.14. The fourth-order valence-electron chi connectivity index (χ4n) is 2.33. The normalized spacial score (nSPS) is 10.3. The minimum Gasteiger partial charge on any atom is -0.455 e. The first-order valence-corrected chi connectivity index (χ1v) is 8.47. The van der Waals surface area contributed by atoms with Crippen LogP contribution in [0.3, 0.4) is 0 Å². The molecule has 3 aromatic carbocycles. The summed E-state index contributed by atoms with van der Waals surface area (Å²) in [7, 11) is 0. The molecule has 136 valence electrons. The van der Waals surface area contributed by atoms with E-state index < -0.39 is 10.8 Å². The SMILES string of the molecule is O=C(Nc1cc(Cl)ccc1Oc1ccc(Cl)cc1)c1ccccc1[N+](=O)[O-]. The molecule has 27 heavy (non-hydrogen) atoms. The van der Waals surface area contributed by atoms with Crippen molar-refractivity contribution in [1.29, 1.82) is 0 Å². The van der Waals surface area contributed by atoms with Crippen molar-refractivity contribution in [1.82, 2.24) is 0 Å². The molecule has 0 spiro atoms. The van der Waals surface area contributed by atoms with Gasteiger partial charge in [0.25, 0.3) is 11.6 Å². The summed E-state index contributed by atoms with van der Waals surface area (Å²) in [5, 5.41) is 14.7. The van der Waals surface area contributed by atoms with Gasteiger partial charge in [-0.05, 0) is 48.5 Å². The monoisotopic (exact) mass is 402 g/mol. The first-order valence-electron chi connectivity index (χ1n) is 7.72. The van der Waals surface area contributed by atoms with Gasteiger partial charge in [0.05, 0.1) is 10.6 Å². The molecule has 0 heterocycles. The Balaban J connectivity index is 1.90. The Morgan fingerprint density at radius 3 is 2.33 bits per heavy atom. The number of ether oxygens (including phenoxy) is 1. The summed E-state index contributed by atoms with van der Waals surface area (Å²) in [5.74, 6) is 0.182. The minimum absolute atomic E-state index is 0.0695. The Morgan fingerprint density at radius 1 is 0.963 bits per heavy atom. The Bertz CT molecular complexity index is 1010. The largest absolute Gasteiger partial charge is 0.455 e. The number of rotatable bonds is 5. The molecule has 0 aliphatic carbocycles. The van der Waals surface area contributed by atoms with Crippen LogP contribution in [-0.4, -0.2) is 10.8 Å². The van der Waals surface area contributed by atoms with Gasteiger partial charge in [0.1, 0.15) is 11.3 Å². The van der Waals surface area contributed by atoms with Crippen LogP contribution in [0.4, 0.5) is 11.4 Å². The lowest BCUT2D eigenvalue weighted by molar-refractivity contribution is -0.385. The van der Waals surface area contributed by atoms with Crippen LogP contribution in [0.1, 0.15) is 10.4 Å². The van der Waals surface area contributed by atoms with Gasteiger partial charge in [-0.15, -0.1) is 0 Å². The van der Waals surface area contributed by atoms with E-state index in [1.54, 1.807) is 42.5 Å². The zero-order valence-electron chi connectivity index (χ0n) is 13.7. The average Bonchev–Trinajstić information content (AvgIpc) is 2.65. The number of benzene rings is 3. The van der Waals surface area contributed by atoms with Crippen LogP contribution in [0, 0.1) is 10.1 Å². The van der Waals surface area contributed by atoms with Crippen LogP contribution in [-0.2, 0) is 0 Å². The fourth-order valence-corrected chi connectivity index (χ4v) is 2.63. The van der Waals surface area contributed by atoms with Gasteiger partial charge in [0, 0.05) is 16.1 Å². The second-order valence-electron chi connectivity index (χ2n) is 5.42. The number of carbonyl (C=O) groups is 1. The Labute approximate surface area is 164 Å². The van der Waals surface area contributed by atoms with Crippen LogP contribution in [0.25, 0.3) is 0 Å². The molecule has 0 radical (unpaired) electrons. The van der Waals surface area contributed by atoms with Crippen LogP contribution in [0.15, 0.2) is 66.7 Å². The second kappa shape index (κ2) is 8.07. The number of hydrogen-bond acceptors (Lipinski definition) is 4. The van der Waals surface area contributed by atoms with Gasteiger partial charge in [-0.2, -0.15) is 0 Å². The smallest absolute Gasteiger partial charge is 0.282 e. The molecule has 1 N–H and O–H groups in total. The van der Waals surface area contributed by atoms with E-state index >= 15 is 0 Å². The van der Waals surface area contributed by atoms with Crippen LogP contribution in [0.5, 0.6) is 11.5 Å². The van der Waals surface area contributed by atoms with E-state index in [-0.39, 0.29) is 16.9 Å². The highest BCUT2D eigenvalue weighted by atomic mass is 35.5. The van der Waals surface area contributed by atoms with Crippen molar-refractivity contribution in [2.45, 2.75) is 0 Å². The zero-order chi connectivity index (χ0) is 19.4. The van der Waals surface area contributed by atoms with Crippen molar-refractivity contribution in [3.05, 3.63) is 92.5 Å². The van der Waals surface area contributed by atoms with E-state index in [1.807, 2.05) is 0 Å². The van der Waals surface area contributed by atoms with Crippen molar-refractivity contribution in [3.8, 4) is 11.5 Å². The summed E-state index contributed by atoms with van der Waals surface area (Å²) < 4.78 is 5.77. The highest BCUT2D eigenvalue weighted by Crippen LogP contribution is 2.33. The summed E-state index contributed by atoms with van der Waals surface area (Å²) in [6.45, 7) is 0. The molecule has 3 aromatic rings. The topological polar surface area (TPSA) is 81.5 Å². The third-order valence-electron chi connectivity index (χ3n) is 3.58. The van der Waals surface area contributed by atoms with Gasteiger partial charge in [0.2, 0.25) is 0 Å². The molecule has 3 rings (SSSR count). The van der Waals surface area contributed by atoms with Crippen molar-refractivity contribution in [2.75, 3.05) is 5.32 Å². The molecule has 0 aliphatic heterocycles. The number of hydrogen-bond donors (Lipinski definition) is 1. The highest BCUT2D eigenvalue weighted by Gasteiger charge is 2.20. The number of anilines is 1. The maximum atomic E-state index is 12.6. The maximum Gasteiger partial charge on any atom is 0.282 e. The number of nitrogens with zero attached hydrogens (tertiary/aromatic N) is 1. The molecular formula is C19H12Cl2N2O4. The molecule has 0 bridgehead atoms. The Hall–Kier alpha value is -3.09. The summed E-state index contributed by atoms with van der Waals surface area (Å²) in [5.41, 5.74) is -0.0854. The Kier molecular flexibility index (Phi) is 5.59. The van der Waals surface area contributed by atoms with Gasteiger partial charge in [-0.3, -0.25) is 14.9 Å². The third kappa shape index (κ3) is 4.55. The van der Waals surface area contributed by atoms with Gasteiger partial charge < -0.3 is 10.1 Å². The molecule has 8 heteroatoms. The average molecular weight is 403 g/mol. The third-order valence-corrected chi connectivity index (χ3v) is 4.06. The molecule has 0 aliphatic rings. The predicted molar refractivity (Wildman–Crippen MR) is 104 cm³/mol. The van der Waals surface area contributed by atoms with Gasteiger partial charge in [-0.1, -0.05) is 35.3 Å². The molecule has 0 aromatic heterocycles. The molecule has 1 amide bonds. The van der Waals surface area contributed by atoms with E-state index in [9.17, 15) is 14.9 Å². The van der Waals surface area contributed by atoms with Gasteiger partial charge >= 0.3 is 0 Å². The fraction of sp³-hybridized carbons (Fsp3) is 0. The summed E-state index contributed by atoms with van der Waals surface area (Å²) in [6.07, 6.45) is 0. The predicted octanol–water partition coefficient (Wildman–Crippen LogP) is 5.95. The van der Waals surface area contributed by atoms with E-state index in [0.29, 0.717) is 21.5 Å². The second-order valence-corrected chi connectivity index (χ2v) is 6.30. The summed E-state index contributed by atoms with van der Waals surface area (Å²) in [6, 6.07) is 17.0. The summed E-state index contributed by atoms with van der Waals surface area (Å²) in [4.78, 5) is 23.1. The van der Waals surface area contributed by atoms with Crippen molar-refractivity contribution in [2.24, 2.45) is 0 Å². The number of nitro groups is 1. The first-order chi connectivity index (χ1) is 12.9. The molecule has 0 fully saturated rings. The van der Waals surface area contributed by atoms with Crippen LogP contribution < -0.4 is 10.1 Å². The van der Waals surface area contributed by atoms with Crippen molar-refractivity contribution in [3.63, 3.8) is 0 Å². The highest BCUT2D eigenvalue weighted by molar-refractivity contribution is 6.31. The van der Waals surface area contributed by atoms with Crippen molar-refractivity contribution < 1.29 is 14.5 Å². The molecule has 0 saturated carbocycles. The van der Waals surface area contributed by atoms with E-state index in [4.69, 9.17) is 27.9 Å². The number of para-hydroxylation sites is 1. The maximum absolute atomic E-state index is 12.6. The first kappa shape index (κ1) is 18.7. The van der Waals surface area contributed by atoms with Gasteiger partial charge in [0.15, 0.2) is 5.75 Å². The lowest BCUT2D eigenvalue weighted by Gasteiger charge is -2.13. The molecule has 6 nitrogen and oxygen atoms in total. The number of nitrogens with one attached hydrogen (secondary N) is 1. The van der Waals surface area contributed by atoms with E-state index in [1.165, 1.54) is 24.3 Å². The summed E-state index contributed by atoms with van der Waals surface area (Å²) >= 11 is 11.9. The van der Waals surface area contributed by atoms with Crippen LogP contribution in [0.2, 0.25) is 10.0 Å². The minimum atomic E-state index is -0.648. The van der Waals surface area contributed by atoms with Crippen LogP contribution >= 0.6 is 23.2 Å². The quantitative estimate of drug-likeness (QED) is 0.422. The van der Waals surface area contributed by atoms with E-state index in [0.717, 1.165) is 0 Å². The molecule has 0 atom stereocenters. The van der Waals surface area contributed by atoms with Gasteiger partial charge in [-0.25, -0.2) is 0 Å². The number of carbonyl (C=O) groups excluding carboxylic acids is 1. The molecule has 0 saturated heterocycles. The molecule has 0 unspecified atom stereocenters.